The maximum atomic E-state index is 13.6. The molecule has 8 heteroatoms. The first-order chi connectivity index (χ1) is 15.2. The number of amides is 2. The van der Waals surface area contributed by atoms with Crippen molar-refractivity contribution in [3.8, 4) is 11.5 Å². The standard InChI is InChI=1S/C24H29N3O5/c1-12-8-13(2)21-16(9-12)24(23(30)26-21)17(11-18(27-24)14(3)28)22(29)25-19-10-15(31-4)6-7-20(19)32-5/h6-10,14,17-18,27-28H,11H2,1-5H3,(H,25,29)(H,26,30). The van der Waals surface area contributed by atoms with Crippen molar-refractivity contribution in [2.45, 2.75) is 44.9 Å². The molecule has 4 rings (SSSR count). The van der Waals surface area contributed by atoms with Crippen molar-refractivity contribution in [3.63, 3.8) is 0 Å². The number of rotatable bonds is 5. The molecule has 2 aromatic rings. The van der Waals surface area contributed by atoms with Crippen LogP contribution in [0.5, 0.6) is 11.5 Å². The number of carbonyl (C=O) groups is 2. The van der Waals surface area contributed by atoms with E-state index >= 15 is 0 Å². The Morgan fingerprint density at radius 3 is 2.62 bits per heavy atom. The number of fused-ring (bicyclic) bond motifs is 2. The molecule has 2 amide bonds. The van der Waals surface area contributed by atoms with Gasteiger partial charge in [0.1, 0.15) is 17.0 Å². The van der Waals surface area contributed by atoms with Gasteiger partial charge in [-0.15, -0.1) is 0 Å². The maximum absolute atomic E-state index is 13.6. The van der Waals surface area contributed by atoms with Crippen molar-refractivity contribution in [1.29, 1.82) is 0 Å². The number of anilines is 2. The molecule has 170 valence electrons. The number of aliphatic hydroxyl groups is 1. The van der Waals surface area contributed by atoms with Gasteiger partial charge in [-0.05, 0) is 44.9 Å². The monoisotopic (exact) mass is 439 g/mol. The van der Waals surface area contributed by atoms with Crippen LogP contribution in [0.15, 0.2) is 30.3 Å². The Morgan fingerprint density at radius 1 is 1.22 bits per heavy atom. The fraction of sp³-hybridized carbons (Fsp3) is 0.417. The van der Waals surface area contributed by atoms with Crippen molar-refractivity contribution in [2.24, 2.45) is 5.92 Å². The summed E-state index contributed by atoms with van der Waals surface area (Å²) in [5, 5.41) is 19.5. The van der Waals surface area contributed by atoms with Gasteiger partial charge in [-0.3, -0.25) is 14.9 Å². The van der Waals surface area contributed by atoms with Crippen LogP contribution in [0, 0.1) is 19.8 Å². The molecule has 0 aromatic heterocycles. The van der Waals surface area contributed by atoms with E-state index in [0.717, 1.165) is 22.4 Å². The average Bonchev–Trinajstić information content (AvgIpc) is 3.29. The van der Waals surface area contributed by atoms with E-state index in [1.165, 1.54) is 7.11 Å². The third kappa shape index (κ3) is 3.40. The molecule has 0 aliphatic carbocycles. The first-order valence-electron chi connectivity index (χ1n) is 10.6. The van der Waals surface area contributed by atoms with Crippen molar-refractivity contribution in [2.75, 3.05) is 24.9 Å². The van der Waals surface area contributed by atoms with Gasteiger partial charge in [0.2, 0.25) is 11.8 Å². The summed E-state index contributed by atoms with van der Waals surface area (Å²) in [7, 11) is 3.06. The van der Waals surface area contributed by atoms with Gasteiger partial charge >= 0.3 is 0 Å². The third-order valence-electron chi connectivity index (χ3n) is 6.49. The van der Waals surface area contributed by atoms with E-state index in [0.29, 0.717) is 23.6 Å². The Balaban J connectivity index is 1.78. The second-order valence-electron chi connectivity index (χ2n) is 8.60. The van der Waals surface area contributed by atoms with Crippen molar-refractivity contribution < 1.29 is 24.2 Å². The molecule has 1 saturated heterocycles. The second-order valence-corrected chi connectivity index (χ2v) is 8.60. The minimum Gasteiger partial charge on any atom is -0.497 e. The summed E-state index contributed by atoms with van der Waals surface area (Å²) in [4.78, 5) is 27.0. The van der Waals surface area contributed by atoms with Crippen LogP contribution in [0.2, 0.25) is 0 Å². The van der Waals surface area contributed by atoms with Crippen LogP contribution in [-0.4, -0.2) is 43.3 Å². The SMILES string of the molecule is COc1ccc(OC)c(NC(=O)C2CC(C(C)O)NC23C(=O)Nc2c(C)cc(C)cc23)c1. The molecule has 2 aromatic carbocycles. The van der Waals surface area contributed by atoms with E-state index in [-0.39, 0.29) is 11.8 Å². The number of aryl methyl sites for hydroxylation is 2. The topological polar surface area (TPSA) is 109 Å². The zero-order valence-corrected chi connectivity index (χ0v) is 18.9. The zero-order valence-electron chi connectivity index (χ0n) is 18.9. The third-order valence-corrected chi connectivity index (χ3v) is 6.49. The molecule has 2 aliphatic rings. The molecular weight excluding hydrogens is 410 g/mol. The number of methoxy groups -OCH3 is 2. The molecule has 2 aliphatic heterocycles. The van der Waals surface area contributed by atoms with Gasteiger partial charge in [-0.1, -0.05) is 17.7 Å². The van der Waals surface area contributed by atoms with Gasteiger partial charge in [0.05, 0.1) is 31.9 Å². The van der Waals surface area contributed by atoms with Crippen LogP contribution in [0.4, 0.5) is 11.4 Å². The van der Waals surface area contributed by atoms with E-state index in [9.17, 15) is 14.7 Å². The molecule has 0 radical (unpaired) electrons. The predicted molar refractivity (Wildman–Crippen MR) is 121 cm³/mol. The summed E-state index contributed by atoms with van der Waals surface area (Å²) in [6, 6.07) is 8.63. The van der Waals surface area contributed by atoms with Crippen molar-refractivity contribution in [3.05, 3.63) is 47.0 Å². The van der Waals surface area contributed by atoms with Crippen molar-refractivity contribution >= 4 is 23.2 Å². The van der Waals surface area contributed by atoms with E-state index < -0.39 is 23.6 Å². The molecule has 32 heavy (non-hydrogen) atoms. The second kappa shape index (κ2) is 8.11. The molecule has 4 atom stereocenters. The van der Waals surface area contributed by atoms with E-state index in [1.54, 1.807) is 32.2 Å². The fourth-order valence-corrected chi connectivity index (χ4v) is 4.90. The normalized spacial score (nSPS) is 24.8. The lowest BCUT2D eigenvalue weighted by Gasteiger charge is -2.30. The molecule has 1 spiro atoms. The van der Waals surface area contributed by atoms with Crippen LogP contribution < -0.4 is 25.4 Å². The quantitative estimate of drug-likeness (QED) is 0.570. The predicted octanol–water partition coefficient (Wildman–Crippen LogP) is 2.47. The van der Waals surface area contributed by atoms with Crippen molar-refractivity contribution in [1.82, 2.24) is 5.32 Å². The lowest BCUT2D eigenvalue weighted by molar-refractivity contribution is -0.130. The minimum absolute atomic E-state index is 0.290. The molecule has 4 unspecified atom stereocenters. The Hall–Kier alpha value is -3.10. The summed E-state index contributed by atoms with van der Waals surface area (Å²) in [6.45, 7) is 5.55. The molecule has 1 fully saturated rings. The summed E-state index contributed by atoms with van der Waals surface area (Å²) < 4.78 is 10.7. The number of aliphatic hydroxyl groups excluding tert-OH is 1. The zero-order chi connectivity index (χ0) is 23.2. The highest BCUT2D eigenvalue weighted by molar-refractivity contribution is 6.11. The molecule has 0 saturated carbocycles. The van der Waals surface area contributed by atoms with Gasteiger partial charge in [0, 0.05) is 23.4 Å². The van der Waals surface area contributed by atoms with Crippen LogP contribution in [0.1, 0.15) is 30.0 Å². The highest BCUT2D eigenvalue weighted by Crippen LogP contribution is 2.49. The lowest BCUT2D eigenvalue weighted by atomic mass is 9.78. The fourth-order valence-electron chi connectivity index (χ4n) is 4.90. The lowest BCUT2D eigenvalue weighted by Crippen LogP contribution is -2.53. The van der Waals surface area contributed by atoms with Gasteiger partial charge in [0.15, 0.2) is 0 Å². The molecule has 2 heterocycles. The number of nitrogens with one attached hydrogen (secondary N) is 3. The Morgan fingerprint density at radius 2 is 1.97 bits per heavy atom. The Labute approximate surface area is 187 Å². The highest BCUT2D eigenvalue weighted by Gasteiger charge is 2.61. The number of benzene rings is 2. The summed E-state index contributed by atoms with van der Waals surface area (Å²) in [5.74, 6) is -0.330. The first-order valence-corrected chi connectivity index (χ1v) is 10.6. The van der Waals surface area contributed by atoms with E-state index in [1.807, 2.05) is 26.0 Å². The number of ether oxygens (including phenoxy) is 2. The van der Waals surface area contributed by atoms with E-state index in [4.69, 9.17) is 9.47 Å². The summed E-state index contributed by atoms with van der Waals surface area (Å²) >= 11 is 0. The molecule has 0 bridgehead atoms. The Kier molecular flexibility index (Phi) is 5.60. The minimum atomic E-state index is -1.27. The average molecular weight is 440 g/mol. The van der Waals surface area contributed by atoms with Gasteiger partial charge in [-0.2, -0.15) is 0 Å². The molecule has 4 N–H and O–H groups in total. The van der Waals surface area contributed by atoms with Crippen LogP contribution >= 0.6 is 0 Å². The van der Waals surface area contributed by atoms with Crippen LogP contribution in [-0.2, 0) is 15.1 Å². The summed E-state index contributed by atoms with van der Waals surface area (Å²) in [6.07, 6.45) is -0.436. The molecular formula is C24H29N3O5. The smallest absolute Gasteiger partial charge is 0.250 e. The van der Waals surface area contributed by atoms with Crippen LogP contribution in [0.25, 0.3) is 0 Å². The maximum Gasteiger partial charge on any atom is 0.250 e. The largest absolute Gasteiger partial charge is 0.497 e. The van der Waals surface area contributed by atoms with Gasteiger partial charge in [-0.25, -0.2) is 0 Å². The highest BCUT2D eigenvalue weighted by atomic mass is 16.5. The summed E-state index contributed by atoms with van der Waals surface area (Å²) in [5.41, 5.74) is 2.56. The molecule has 8 nitrogen and oxygen atoms in total. The van der Waals surface area contributed by atoms with E-state index in [2.05, 4.69) is 16.0 Å². The van der Waals surface area contributed by atoms with Gasteiger partial charge < -0.3 is 25.2 Å². The van der Waals surface area contributed by atoms with Gasteiger partial charge in [0.25, 0.3) is 0 Å². The number of carbonyl (C=O) groups excluding carboxylic acids is 2. The first kappa shape index (κ1) is 22.1. The number of hydrogen-bond donors (Lipinski definition) is 4. The Bertz CT molecular complexity index is 1080. The number of hydrogen-bond acceptors (Lipinski definition) is 6. The van der Waals surface area contributed by atoms with Crippen LogP contribution in [0.3, 0.4) is 0 Å².